The predicted molar refractivity (Wildman–Crippen MR) is 91.5 cm³/mol. The number of carbonyl (C=O) groups excluding carboxylic acids is 1. The van der Waals surface area contributed by atoms with Crippen LogP contribution in [0.25, 0.3) is 11.1 Å². The fourth-order valence-corrected chi connectivity index (χ4v) is 2.80. The number of rotatable bonds is 8. The minimum Gasteiger partial charge on any atom is -0.408 e. The number of nitrogens with one attached hydrogen (secondary N) is 1. The molecule has 0 fully saturated rings. The molecule has 23 heavy (non-hydrogen) atoms. The standard InChI is InChI=1S/C18H26N2O3/c1-4-6-9-14(5-2)12-19-17(21)13(3)20-15-10-7-8-11-16(15)23-18(20)22/h7-8,10-11,13-14H,4-6,9,12H2,1-3H3,(H,19,21). The van der Waals surface area contributed by atoms with Crippen molar-refractivity contribution in [3.05, 3.63) is 34.8 Å². The molecule has 0 bridgehead atoms. The van der Waals surface area contributed by atoms with Gasteiger partial charge in [-0.25, -0.2) is 4.79 Å². The summed E-state index contributed by atoms with van der Waals surface area (Å²) >= 11 is 0. The molecule has 0 saturated heterocycles. The fraction of sp³-hybridized carbons (Fsp3) is 0.556. The summed E-state index contributed by atoms with van der Waals surface area (Å²) in [6.45, 7) is 6.70. The number of para-hydroxylation sites is 2. The van der Waals surface area contributed by atoms with Gasteiger partial charge in [0.2, 0.25) is 5.91 Å². The van der Waals surface area contributed by atoms with Gasteiger partial charge in [-0.2, -0.15) is 0 Å². The molecule has 2 rings (SSSR count). The van der Waals surface area contributed by atoms with Crippen LogP contribution in [-0.4, -0.2) is 17.0 Å². The molecule has 0 aliphatic heterocycles. The molecule has 2 aromatic rings. The van der Waals surface area contributed by atoms with Crippen molar-refractivity contribution >= 4 is 17.0 Å². The van der Waals surface area contributed by atoms with Gasteiger partial charge in [-0.05, 0) is 31.4 Å². The van der Waals surface area contributed by atoms with E-state index >= 15 is 0 Å². The van der Waals surface area contributed by atoms with E-state index < -0.39 is 11.8 Å². The number of amides is 1. The van der Waals surface area contributed by atoms with Crippen molar-refractivity contribution in [3.8, 4) is 0 Å². The first-order valence-corrected chi connectivity index (χ1v) is 8.46. The van der Waals surface area contributed by atoms with Crippen LogP contribution in [-0.2, 0) is 4.79 Å². The first-order valence-electron chi connectivity index (χ1n) is 8.46. The Kier molecular flexibility index (Phi) is 6.02. The van der Waals surface area contributed by atoms with Gasteiger partial charge < -0.3 is 9.73 Å². The Balaban J connectivity index is 2.07. The Hall–Kier alpha value is -2.04. The number of aromatic nitrogens is 1. The summed E-state index contributed by atoms with van der Waals surface area (Å²) in [6, 6.07) is 6.57. The highest BCUT2D eigenvalue weighted by molar-refractivity contribution is 5.82. The summed E-state index contributed by atoms with van der Waals surface area (Å²) in [6.07, 6.45) is 4.51. The lowest BCUT2D eigenvalue weighted by molar-refractivity contribution is -0.124. The number of oxazole rings is 1. The van der Waals surface area contributed by atoms with Crippen LogP contribution in [0.15, 0.2) is 33.5 Å². The van der Waals surface area contributed by atoms with E-state index in [9.17, 15) is 9.59 Å². The minimum absolute atomic E-state index is 0.145. The average molecular weight is 318 g/mol. The van der Waals surface area contributed by atoms with E-state index in [0.717, 1.165) is 19.3 Å². The quantitative estimate of drug-likeness (QED) is 0.810. The summed E-state index contributed by atoms with van der Waals surface area (Å²) in [7, 11) is 0. The van der Waals surface area contributed by atoms with Crippen LogP contribution in [0.2, 0.25) is 0 Å². The van der Waals surface area contributed by atoms with Crippen molar-refractivity contribution in [2.24, 2.45) is 5.92 Å². The highest BCUT2D eigenvalue weighted by Gasteiger charge is 2.21. The second kappa shape index (κ2) is 7.99. The number of nitrogens with zero attached hydrogens (tertiary/aromatic N) is 1. The van der Waals surface area contributed by atoms with Crippen LogP contribution in [0, 0.1) is 5.92 Å². The number of hydrogen-bond donors (Lipinski definition) is 1. The molecule has 0 saturated carbocycles. The lowest BCUT2D eigenvalue weighted by atomic mass is 9.99. The van der Waals surface area contributed by atoms with E-state index in [2.05, 4.69) is 19.2 Å². The molecule has 2 atom stereocenters. The molecule has 1 aromatic heterocycles. The topological polar surface area (TPSA) is 64.2 Å². The third-order valence-corrected chi connectivity index (χ3v) is 4.39. The SMILES string of the molecule is CCCCC(CC)CNC(=O)C(C)n1c(=O)oc2ccccc21. The molecule has 2 unspecified atom stereocenters. The number of fused-ring (bicyclic) bond motifs is 1. The zero-order chi connectivity index (χ0) is 16.8. The molecule has 1 amide bonds. The van der Waals surface area contributed by atoms with Gasteiger partial charge in [0.15, 0.2) is 5.58 Å². The van der Waals surface area contributed by atoms with Crippen molar-refractivity contribution < 1.29 is 9.21 Å². The number of benzene rings is 1. The second-order valence-corrected chi connectivity index (χ2v) is 6.04. The van der Waals surface area contributed by atoms with Gasteiger partial charge in [0, 0.05) is 6.54 Å². The molecule has 0 aliphatic carbocycles. The molecule has 0 aliphatic rings. The van der Waals surface area contributed by atoms with Crippen molar-refractivity contribution in [2.45, 2.75) is 52.5 Å². The second-order valence-electron chi connectivity index (χ2n) is 6.04. The zero-order valence-electron chi connectivity index (χ0n) is 14.2. The molecule has 0 radical (unpaired) electrons. The van der Waals surface area contributed by atoms with Crippen LogP contribution >= 0.6 is 0 Å². The van der Waals surface area contributed by atoms with Gasteiger partial charge in [-0.1, -0.05) is 45.2 Å². The van der Waals surface area contributed by atoms with E-state index in [1.807, 2.05) is 6.07 Å². The van der Waals surface area contributed by atoms with E-state index in [1.54, 1.807) is 25.1 Å². The number of hydrogen-bond acceptors (Lipinski definition) is 3. The zero-order valence-corrected chi connectivity index (χ0v) is 14.2. The van der Waals surface area contributed by atoms with Crippen molar-refractivity contribution in [3.63, 3.8) is 0 Å². The summed E-state index contributed by atoms with van der Waals surface area (Å²) in [5.74, 6) is -0.149. The largest absolute Gasteiger partial charge is 0.420 e. The van der Waals surface area contributed by atoms with Gasteiger partial charge >= 0.3 is 5.76 Å². The number of carbonyl (C=O) groups is 1. The van der Waals surface area contributed by atoms with Crippen molar-refractivity contribution in [1.82, 2.24) is 9.88 Å². The van der Waals surface area contributed by atoms with E-state index in [4.69, 9.17) is 4.42 Å². The van der Waals surface area contributed by atoms with Crippen LogP contribution < -0.4 is 11.1 Å². The maximum atomic E-state index is 12.4. The molecule has 0 spiro atoms. The molecule has 1 heterocycles. The Morgan fingerprint density at radius 3 is 2.74 bits per heavy atom. The summed E-state index contributed by atoms with van der Waals surface area (Å²) in [5.41, 5.74) is 1.16. The van der Waals surface area contributed by atoms with Gasteiger partial charge in [0.1, 0.15) is 6.04 Å². The summed E-state index contributed by atoms with van der Waals surface area (Å²) in [5, 5.41) is 2.98. The predicted octanol–water partition coefficient (Wildman–Crippen LogP) is 3.49. The third-order valence-electron chi connectivity index (χ3n) is 4.39. The van der Waals surface area contributed by atoms with E-state index in [0.29, 0.717) is 23.6 Å². The highest BCUT2D eigenvalue weighted by atomic mass is 16.4. The monoisotopic (exact) mass is 318 g/mol. The van der Waals surface area contributed by atoms with Crippen LogP contribution in [0.5, 0.6) is 0 Å². The Bertz CT molecular complexity index is 702. The van der Waals surface area contributed by atoms with Gasteiger partial charge in [0.05, 0.1) is 5.52 Å². The first kappa shape index (κ1) is 17.3. The Morgan fingerprint density at radius 2 is 2.04 bits per heavy atom. The highest BCUT2D eigenvalue weighted by Crippen LogP contribution is 2.17. The van der Waals surface area contributed by atoms with Gasteiger partial charge in [-0.3, -0.25) is 9.36 Å². The molecule has 1 aromatic carbocycles. The normalized spacial score (nSPS) is 13.9. The van der Waals surface area contributed by atoms with E-state index in [-0.39, 0.29) is 5.91 Å². The van der Waals surface area contributed by atoms with Gasteiger partial charge in [0.25, 0.3) is 0 Å². The lowest BCUT2D eigenvalue weighted by Gasteiger charge is -2.18. The smallest absolute Gasteiger partial charge is 0.408 e. The first-order chi connectivity index (χ1) is 11.1. The van der Waals surface area contributed by atoms with Crippen LogP contribution in [0.3, 0.4) is 0 Å². The average Bonchev–Trinajstić information content (AvgIpc) is 2.89. The Labute approximate surface area is 136 Å². The number of unbranched alkanes of at least 4 members (excludes halogenated alkanes) is 1. The van der Waals surface area contributed by atoms with Crippen molar-refractivity contribution in [1.29, 1.82) is 0 Å². The lowest BCUT2D eigenvalue weighted by Crippen LogP contribution is -2.36. The molecule has 5 nitrogen and oxygen atoms in total. The third kappa shape index (κ3) is 4.03. The van der Waals surface area contributed by atoms with Crippen LogP contribution in [0.4, 0.5) is 0 Å². The minimum atomic E-state index is -0.588. The molecule has 1 N–H and O–H groups in total. The maximum absolute atomic E-state index is 12.4. The Morgan fingerprint density at radius 1 is 1.30 bits per heavy atom. The fourth-order valence-electron chi connectivity index (χ4n) is 2.80. The molecular weight excluding hydrogens is 292 g/mol. The summed E-state index contributed by atoms with van der Waals surface area (Å²) < 4.78 is 6.61. The van der Waals surface area contributed by atoms with Gasteiger partial charge in [-0.15, -0.1) is 0 Å². The maximum Gasteiger partial charge on any atom is 0.420 e. The molecular formula is C18H26N2O3. The van der Waals surface area contributed by atoms with Crippen LogP contribution in [0.1, 0.15) is 52.5 Å². The van der Waals surface area contributed by atoms with Crippen molar-refractivity contribution in [2.75, 3.05) is 6.54 Å². The van der Waals surface area contributed by atoms with E-state index in [1.165, 1.54) is 11.0 Å². The summed E-state index contributed by atoms with van der Waals surface area (Å²) in [4.78, 5) is 24.5. The molecule has 5 heteroatoms. The molecule has 126 valence electrons.